The zero-order valence-corrected chi connectivity index (χ0v) is 21.3. The van der Waals surface area contributed by atoms with Crippen LogP contribution in [0.5, 0.6) is 5.75 Å². The van der Waals surface area contributed by atoms with Crippen LogP contribution in [0.4, 0.5) is 5.69 Å². The van der Waals surface area contributed by atoms with E-state index in [0.717, 1.165) is 6.92 Å². The summed E-state index contributed by atoms with van der Waals surface area (Å²) in [6, 6.07) is 1.75. The maximum Gasteiger partial charge on any atom is 0.238 e. The second kappa shape index (κ2) is 9.09. The van der Waals surface area contributed by atoms with Gasteiger partial charge in [0.05, 0.1) is 18.2 Å². The van der Waals surface area contributed by atoms with Crippen LogP contribution < -0.4 is 5.32 Å². The summed E-state index contributed by atoms with van der Waals surface area (Å²) in [5, 5.41) is 47.2. The molecule has 4 rings (SSSR count). The number of aliphatic hydroxyl groups is 3. The van der Waals surface area contributed by atoms with Gasteiger partial charge in [0.25, 0.3) is 0 Å². The number of nitrogens with one attached hydrogen (secondary N) is 1. The van der Waals surface area contributed by atoms with Crippen LogP contribution in [0.3, 0.4) is 0 Å². The lowest BCUT2D eigenvalue weighted by Gasteiger charge is -2.50. The number of carbonyl (C=O) groups excluding carboxylic acids is 4. The molecule has 11 heteroatoms. The van der Waals surface area contributed by atoms with Crippen LogP contribution in [-0.2, 0) is 20.8 Å². The third-order valence-corrected chi connectivity index (χ3v) is 7.45. The summed E-state index contributed by atoms with van der Waals surface area (Å²) in [4.78, 5) is 54.9. The fourth-order valence-electron chi connectivity index (χ4n) is 5.95. The highest BCUT2D eigenvalue weighted by Crippen LogP contribution is 2.52. The first kappa shape index (κ1) is 26.5. The number of allylic oxidation sites excluding steroid dienone is 1. The van der Waals surface area contributed by atoms with E-state index in [1.54, 1.807) is 33.1 Å². The van der Waals surface area contributed by atoms with Gasteiger partial charge < -0.3 is 30.6 Å². The third-order valence-electron chi connectivity index (χ3n) is 7.45. The molecule has 0 unspecified atom stereocenters. The van der Waals surface area contributed by atoms with Gasteiger partial charge in [-0.1, -0.05) is 0 Å². The molecule has 1 aromatic rings. The number of amides is 1. The molecule has 3 aliphatic carbocycles. The lowest BCUT2D eigenvalue weighted by Crippen LogP contribution is -2.63. The minimum atomic E-state index is -2.62. The number of benzene rings is 1. The van der Waals surface area contributed by atoms with Gasteiger partial charge in [0, 0.05) is 17.2 Å². The number of phenols is 1. The Labute approximate surface area is 213 Å². The number of rotatable bonds is 5. The van der Waals surface area contributed by atoms with Gasteiger partial charge in [-0.25, -0.2) is 0 Å². The van der Waals surface area contributed by atoms with Gasteiger partial charge in [-0.05, 0) is 71.6 Å². The molecule has 37 heavy (non-hydrogen) atoms. The summed E-state index contributed by atoms with van der Waals surface area (Å²) in [5.74, 6) is -6.59. The van der Waals surface area contributed by atoms with Crippen molar-refractivity contribution in [3.63, 3.8) is 0 Å². The predicted octanol–water partition coefficient (Wildman–Crippen LogP) is 0.724. The molecule has 1 aromatic carbocycles. The Morgan fingerprint density at radius 2 is 1.76 bits per heavy atom. The van der Waals surface area contributed by atoms with Crippen LogP contribution >= 0.6 is 0 Å². The number of anilines is 1. The van der Waals surface area contributed by atoms with E-state index in [1.165, 1.54) is 17.0 Å². The van der Waals surface area contributed by atoms with Crippen molar-refractivity contribution in [1.82, 2.24) is 9.80 Å². The fraction of sp³-hybridized carbons (Fsp3) is 0.462. The molecule has 1 amide bonds. The van der Waals surface area contributed by atoms with Crippen LogP contribution in [0, 0.1) is 11.8 Å². The molecule has 0 heterocycles. The zero-order chi connectivity index (χ0) is 27.6. The Balaban J connectivity index is 1.88. The topological polar surface area (TPSA) is 168 Å². The van der Waals surface area contributed by atoms with E-state index in [0.29, 0.717) is 11.3 Å². The van der Waals surface area contributed by atoms with Gasteiger partial charge in [-0.15, -0.1) is 0 Å². The molecule has 3 aliphatic rings. The summed E-state index contributed by atoms with van der Waals surface area (Å²) in [6.07, 6.45) is 0.114. The van der Waals surface area contributed by atoms with Crippen LogP contribution in [0.2, 0.25) is 0 Å². The number of likely N-dealkylation sites (N-methyl/N-ethyl adjacent to an activating group) is 2. The molecule has 0 saturated carbocycles. The average Bonchev–Trinajstić information content (AvgIpc) is 2.77. The maximum atomic E-state index is 13.7. The van der Waals surface area contributed by atoms with Gasteiger partial charge in [0.15, 0.2) is 17.2 Å². The Hall–Kier alpha value is -3.54. The summed E-state index contributed by atoms with van der Waals surface area (Å²) < 4.78 is 0. The first-order valence-electron chi connectivity index (χ1n) is 11.9. The number of fused-ring (bicyclic) bond motifs is 3. The van der Waals surface area contributed by atoms with Gasteiger partial charge >= 0.3 is 0 Å². The molecule has 0 aliphatic heterocycles. The molecule has 0 radical (unpaired) electrons. The van der Waals surface area contributed by atoms with Gasteiger partial charge in [-0.2, -0.15) is 0 Å². The van der Waals surface area contributed by atoms with Gasteiger partial charge in [0.1, 0.15) is 22.8 Å². The number of nitrogens with zero attached hydrogens (tertiary/aromatic N) is 2. The Morgan fingerprint density at radius 1 is 1.11 bits per heavy atom. The molecule has 0 bridgehead atoms. The van der Waals surface area contributed by atoms with E-state index < -0.39 is 57.9 Å². The number of aliphatic hydroxyl groups excluding tert-OH is 2. The number of hydrogen-bond acceptors (Lipinski definition) is 10. The van der Waals surface area contributed by atoms with E-state index in [-0.39, 0.29) is 42.2 Å². The van der Waals surface area contributed by atoms with E-state index in [1.807, 2.05) is 0 Å². The summed E-state index contributed by atoms with van der Waals surface area (Å²) in [7, 11) is 6.66. The number of phenolic OH excluding ortho intramolecular Hbond substituents is 1. The second-order valence-electron chi connectivity index (χ2n) is 10.4. The largest absolute Gasteiger partial charge is 0.510 e. The van der Waals surface area contributed by atoms with Crippen LogP contribution in [0.1, 0.15) is 29.3 Å². The minimum Gasteiger partial charge on any atom is -0.510 e. The number of hydrogen-bond donors (Lipinski definition) is 5. The van der Waals surface area contributed by atoms with Crippen LogP contribution in [0.25, 0.3) is 0 Å². The molecular weight excluding hydrogens is 482 g/mol. The lowest BCUT2D eigenvalue weighted by molar-refractivity contribution is -0.148. The first-order valence-corrected chi connectivity index (χ1v) is 11.9. The van der Waals surface area contributed by atoms with Crippen molar-refractivity contribution in [2.45, 2.75) is 31.4 Å². The molecule has 198 valence electrons. The van der Waals surface area contributed by atoms with Crippen LogP contribution in [0.15, 0.2) is 34.8 Å². The summed E-state index contributed by atoms with van der Waals surface area (Å²) in [5.41, 5.74) is -2.90. The molecule has 0 aromatic heterocycles. The SMILES string of the molecule is CC(=O)C1=C(O)[C@@H](N(C)C)[C@@H]2C[C@@H]3Cc4c(NC(=O)CN(C)C)ccc(O)c4C(=O)C3=C(O)[C@]2(O)C1=O. The highest BCUT2D eigenvalue weighted by Gasteiger charge is 2.63. The number of aromatic hydroxyl groups is 1. The summed E-state index contributed by atoms with van der Waals surface area (Å²) >= 11 is 0. The predicted molar refractivity (Wildman–Crippen MR) is 132 cm³/mol. The third kappa shape index (κ3) is 3.94. The van der Waals surface area contributed by atoms with Crippen LogP contribution in [-0.4, -0.2) is 99.9 Å². The van der Waals surface area contributed by atoms with Crippen molar-refractivity contribution in [3.05, 3.63) is 45.9 Å². The smallest absolute Gasteiger partial charge is 0.238 e. The second-order valence-corrected chi connectivity index (χ2v) is 10.4. The molecule has 11 nitrogen and oxygen atoms in total. The minimum absolute atomic E-state index is 0.00560. The Bertz CT molecular complexity index is 1290. The van der Waals surface area contributed by atoms with Crippen molar-refractivity contribution in [2.75, 3.05) is 40.1 Å². The molecule has 5 N–H and O–H groups in total. The molecule has 0 saturated heterocycles. The van der Waals surface area contributed by atoms with Crippen molar-refractivity contribution in [1.29, 1.82) is 0 Å². The summed E-state index contributed by atoms with van der Waals surface area (Å²) in [6.45, 7) is 1.16. The Morgan fingerprint density at radius 3 is 2.32 bits per heavy atom. The standard InChI is InChI=1S/C26H31N3O8/c1-11(30)18-23(34)21(29(4)5)14-9-12-8-13-15(27-17(32)10-28(2)3)6-7-16(31)20(13)22(33)19(12)25(36)26(14,37)24(18)35/h6-7,12,14,21,31,34,36-37H,8-10H2,1-5H3,(H,27,32)/t12-,14-,21-,26+/m0/s1. The van der Waals surface area contributed by atoms with Crippen molar-refractivity contribution in [2.24, 2.45) is 11.8 Å². The normalized spacial score (nSPS) is 27.3. The van der Waals surface area contributed by atoms with Gasteiger partial charge in [0.2, 0.25) is 11.7 Å². The zero-order valence-electron chi connectivity index (χ0n) is 21.3. The van der Waals surface area contributed by atoms with Crippen molar-refractivity contribution >= 4 is 28.9 Å². The molecule has 0 spiro atoms. The number of Topliss-reactive ketones (excluding diaryl/α,β-unsaturated/α-hetero) is 3. The maximum absolute atomic E-state index is 13.7. The van der Waals surface area contributed by atoms with E-state index in [4.69, 9.17) is 0 Å². The fourth-order valence-corrected chi connectivity index (χ4v) is 5.95. The molecular formula is C26H31N3O8. The highest BCUT2D eigenvalue weighted by atomic mass is 16.3. The van der Waals surface area contributed by atoms with Crippen molar-refractivity contribution in [3.8, 4) is 5.75 Å². The Kier molecular flexibility index (Phi) is 6.51. The van der Waals surface area contributed by atoms with E-state index in [2.05, 4.69) is 5.32 Å². The number of carbonyl (C=O) groups is 4. The van der Waals surface area contributed by atoms with Crippen molar-refractivity contribution < 1.29 is 39.6 Å². The first-order chi connectivity index (χ1) is 17.2. The highest BCUT2D eigenvalue weighted by molar-refractivity contribution is 6.25. The quantitative estimate of drug-likeness (QED) is 0.280. The monoisotopic (exact) mass is 513 g/mol. The number of ketones is 3. The lowest BCUT2D eigenvalue weighted by atomic mass is 9.58. The van der Waals surface area contributed by atoms with E-state index in [9.17, 15) is 39.6 Å². The molecule has 0 fully saturated rings. The van der Waals surface area contributed by atoms with E-state index >= 15 is 0 Å². The molecule has 4 atom stereocenters. The van der Waals surface area contributed by atoms with Gasteiger partial charge in [-0.3, -0.25) is 24.1 Å². The average molecular weight is 514 g/mol.